The first-order valence-electron chi connectivity index (χ1n) is 8.58. The minimum Gasteiger partial charge on any atom is -0.497 e. The lowest BCUT2D eigenvalue weighted by atomic mass is 10.1. The average molecular weight is 405 g/mol. The van der Waals surface area contributed by atoms with Crippen LogP contribution < -0.4 is 14.4 Å². The molecule has 1 saturated heterocycles. The van der Waals surface area contributed by atoms with Crippen LogP contribution in [-0.4, -0.2) is 53.1 Å². The van der Waals surface area contributed by atoms with E-state index in [1.165, 1.54) is 36.7 Å². The standard InChI is InChI=1S/C19H20FN3O4S/c1-26-14-6-7-18(27-2)19(12-14)28(24,25)23-10-8-22(9-11-23)17-5-3-4-16(20)15(17)13-21/h3-7,12H,8-11H2,1-2H3. The summed E-state index contributed by atoms with van der Waals surface area (Å²) in [6, 6.07) is 10.9. The van der Waals surface area contributed by atoms with E-state index in [0.717, 1.165) is 0 Å². The fourth-order valence-corrected chi connectivity index (χ4v) is 4.77. The quantitative estimate of drug-likeness (QED) is 0.759. The van der Waals surface area contributed by atoms with Crippen molar-refractivity contribution in [2.75, 3.05) is 45.3 Å². The number of sulfonamides is 1. The van der Waals surface area contributed by atoms with Gasteiger partial charge >= 0.3 is 0 Å². The Labute approximate surface area is 163 Å². The van der Waals surface area contributed by atoms with Crippen molar-refractivity contribution in [2.45, 2.75) is 4.90 Å². The molecule has 0 unspecified atom stereocenters. The topological polar surface area (TPSA) is 82.9 Å². The number of nitrogens with zero attached hydrogens (tertiary/aromatic N) is 3. The zero-order valence-electron chi connectivity index (χ0n) is 15.6. The second kappa shape index (κ2) is 8.04. The summed E-state index contributed by atoms with van der Waals surface area (Å²) in [6.45, 7) is 1.07. The normalized spacial score (nSPS) is 15.1. The van der Waals surface area contributed by atoms with Crippen molar-refractivity contribution in [3.8, 4) is 17.6 Å². The van der Waals surface area contributed by atoms with Gasteiger partial charge in [0.25, 0.3) is 0 Å². The van der Waals surface area contributed by atoms with Gasteiger partial charge in [-0.15, -0.1) is 0 Å². The maximum Gasteiger partial charge on any atom is 0.247 e. The summed E-state index contributed by atoms with van der Waals surface area (Å²) in [7, 11) is -0.934. The highest BCUT2D eigenvalue weighted by Gasteiger charge is 2.32. The molecule has 0 bridgehead atoms. The number of rotatable bonds is 5. The van der Waals surface area contributed by atoms with Gasteiger partial charge in [-0.1, -0.05) is 6.07 Å². The van der Waals surface area contributed by atoms with Gasteiger partial charge in [0.1, 0.15) is 33.8 Å². The lowest BCUT2D eigenvalue weighted by Gasteiger charge is -2.36. The molecule has 2 aromatic carbocycles. The van der Waals surface area contributed by atoms with Crippen molar-refractivity contribution in [1.29, 1.82) is 5.26 Å². The molecule has 9 heteroatoms. The first-order valence-corrected chi connectivity index (χ1v) is 10.0. The number of nitriles is 1. The number of anilines is 1. The van der Waals surface area contributed by atoms with E-state index in [1.54, 1.807) is 18.2 Å². The number of halogens is 1. The lowest BCUT2D eigenvalue weighted by Crippen LogP contribution is -2.49. The molecule has 1 aliphatic rings. The van der Waals surface area contributed by atoms with E-state index in [0.29, 0.717) is 24.5 Å². The number of ether oxygens (including phenoxy) is 2. The van der Waals surface area contributed by atoms with Gasteiger partial charge in [0, 0.05) is 32.2 Å². The summed E-state index contributed by atoms with van der Waals surface area (Å²) in [4.78, 5) is 1.85. The zero-order chi connectivity index (χ0) is 20.3. The molecule has 0 aliphatic carbocycles. The van der Waals surface area contributed by atoms with Crippen LogP contribution in [0.2, 0.25) is 0 Å². The molecule has 0 N–H and O–H groups in total. The molecule has 1 fully saturated rings. The smallest absolute Gasteiger partial charge is 0.247 e. The summed E-state index contributed by atoms with van der Waals surface area (Å²) >= 11 is 0. The molecule has 7 nitrogen and oxygen atoms in total. The van der Waals surface area contributed by atoms with E-state index in [9.17, 15) is 18.1 Å². The van der Waals surface area contributed by atoms with Crippen molar-refractivity contribution < 1.29 is 22.3 Å². The fourth-order valence-electron chi connectivity index (χ4n) is 3.18. The molecule has 3 rings (SSSR count). The third-order valence-corrected chi connectivity index (χ3v) is 6.59. The maximum absolute atomic E-state index is 13.9. The van der Waals surface area contributed by atoms with Crippen molar-refractivity contribution in [2.24, 2.45) is 0 Å². The van der Waals surface area contributed by atoms with Gasteiger partial charge in [0.15, 0.2) is 0 Å². The molecule has 2 aromatic rings. The molecule has 1 heterocycles. The molecule has 0 amide bonds. The maximum atomic E-state index is 13.9. The Kier molecular flexibility index (Phi) is 5.72. The van der Waals surface area contributed by atoms with Crippen LogP contribution in [0, 0.1) is 17.1 Å². The largest absolute Gasteiger partial charge is 0.497 e. The molecule has 148 valence electrons. The Hall–Kier alpha value is -2.83. The van der Waals surface area contributed by atoms with E-state index in [2.05, 4.69) is 0 Å². The van der Waals surface area contributed by atoms with E-state index in [1.807, 2.05) is 11.0 Å². The van der Waals surface area contributed by atoms with E-state index < -0.39 is 15.8 Å². The van der Waals surface area contributed by atoms with Crippen LogP contribution in [-0.2, 0) is 10.0 Å². The lowest BCUT2D eigenvalue weighted by molar-refractivity contribution is 0.370. The molecule has 0 radical (unpaired) electrons. The number of benzene rings is 2. The van der Waals surface area contributed by atoms with Crippen LogP contribution in [0.5, 0.6) is 11.5 Å². The highest BCUT2D eigenvalue weighted by molar-refractivity contribution is 7.89. The molecular weight excluding hydrogens is 385 g/mol. The summed E-state index contributed by atoms with van der Waals surface area (Å²) in [5.41, 5.74) is 0.437. The third kappa shape index (κ3) is 3.61. The van der Waals surface area contributed by atoms with Crippen molar-refractivity contribution in [3.63, 3.8) is 0 Å². The van der Waals surface area contributed by atoms with Crippen LogP contribution in [0.4, 0.5) is 10.1 Å². The van der Waals surface area contributed by atoms with Crippen LogP contribution >= 0.6 is 0 Å². The van der Waals surface area contributed by atoms with E-state index in [-0.39, 0.29) is 29.3 Å². The predicted octanol–water partition coefficient (Wildman–Crippen LogP) is 2.23. The first kappa shape index (κ1) is 19.9. The predicted molar refractivity (Wildman–Crippen MR) is 102 cm³/mol. The Bertz CT molecular complexity index is 1010. The highest BCUT2D eigenvalue weighted by Crippen LogP contribution is 2.32. The first-order chi connectivity index (χ1) is 13.4. The van der Waals surface area contributed by atoms with Gasteiger partial charge < -0.3 is 14.4 Å². The molecule has 0 atom stereocenters. The van der Waals surface area contributed by atoms with Crippen LogP contribution in [0.1, 0.15) is 5.56 Å². The molecule has 28 heavy (non-hydrogen) atoms. The van der Waals surface area contributed by atoms with Gasteiger partial charge in [-0.05, 0) is 24.3 Å². The van der Waals surface area contributed by atoms with Crippen molar-refractivity contribution in [3.05, 3.63) is 47.8 Å². The summed E-state index contributed by atoms with van der Waals surface area (Å²) < 4.78 is 51.8. The Balaban J connectivity index is 1.84. The summed E-state index contributed by atoms with van der Waals surface area (Å²) in [5.74, 6) is 0.0627. The molecular formula is C19H20FN3O4S. The van der Waals surface area contributed by atoms with Crippen LogP contribution in [0.25, 0.3) is 0 Å². The van der Waals surface area contributed by atoms with E-state index >= 15 is 0 Å². The van der Waals surface area contributed by atoms with Crippen LogP contribution in [0.3, 0.4) is 0 Å². The molecule has 1 aliphatic heterocycles. The Morgan fingerprint density at radius 1 is 1.07 bits per heavy atom. The number of hydrogen-bond acceptors (Lipinski definition) is 6. The summed E-state index contributed by atoms with van der Waals surface area (Å²) in [6.07, 6.45) is 0. The van der Waals surface area contributed by atoms with Crippen molar-refractivity contribution >= 4 is 15.7 Å². The monoisotopic (exact) mass is 405 g/mol. The molecule has 0 saturated carbocycles. The second-order valence-electron chi connectivity index (χ2n) is 6.15. The van der Waals surface area contributed by atoms with Crippen LogP contribution in [0.15, 0.2) is 41.3 Å². The average Bonchev–Trinajstić information content (AvgIpc) is 2.73. The van der Waals surface area contributed by atoms with Gasteiger partial charge in [0.05, 0.1) is 19.9 Å². The Morgan fingerprint density at radius 3 is 2.39 bits per heavy atom. The second-order valence-corrected chi connectivity index (χ2v) is 8.06. The van der Waals surface area contributed by atoms with Gasteiger partial charge in [-0.25, -0.2) is 12.8 Å². The van der Waals surface area contributed by atoms with Gasteiger partial charge in [-0.3, -0.25) is 0 Å². The molecule has 0 spiro atoms. The minimum absolute atomic E-state index is 0.0336. The SMILES string of the molecule is COc1ccc(OC)c(S(=O)(=O)N2CCN(c3cccc(F)c3C#N)CC2)c1. The minimum atomic E-state index is -3.80. The molecule has 0 aromatic heterocycles. The van der Waals surface area contributed by atoms with E-state index in [4.69, 9.17) is 9.47 Å². The fraction of sp³-hybridized carbons (Fsp3) is 0.316. The van der Waals surface area contributed by atoms with Crippen molar-refractivity contribution in [1.82, 2.24) is 4.31 Å². The number of hydrogen-bond donors (Lipinski definition) is 0. The number of methoxy groups -OCH3 is 2. The van der Waals surface area contributed by atoms with Gasteiger partial charge in [0.2, 0.25) is 10.0 Å². The number of piperazine rings is 1. The van der Waals surface area contributed by atoms with Gasteiger partial charge in [-0.2, -0.15) is 9.57 Å². The highest BCUT2D eigenvalue weighted by atomic mass is 32.2. The summed E-state index contributed by atoms with van der Waals surface area (Å²) in [5, 5.41) is 9.22. The Morgan fingerprint density at radius 2 is 1.79 bits per heavy atom. The zero-order valence-corrected chi connectivity index (χ0v) is 16.4. The third-order valence-electron chi connectivity index (χ3n) is 4.67.